The van der Waals surface area contributed by atoms with E-state index in [0.717, 1.165) is 83.5 Å². The first-order chi connectivity index (χ1) is 29.0. The number of hydrogen-bond donors (Lipinski definition) is 3. The lowest BCUT2D eigenvalue weighted by molar-refractivity contribution is -0.143. The van der Waals surface area contributed by atoms with E-state index in [1.54, 1.807) is 0 Å². The minimum Gasteiger partial charge on any atom is -0.466 e. The Labute approximate surface area is 366 Å². The molecule has 0 aromatic carbocycles. The van der Waals surface area contributed by atoms with E-state index in [9.17, 15) is 19.8 Å². The van der Waals surface area contributed by atoms with E-state index in [0.29, 0.717) is 25.9 Å². The van der Waals surface area contributed by atoms with Gasteiger partial charge in [-0.25, -0.2) is 0 Å². The van der Waals surface area contributed by atoms with Crippen molar-refractivity contribution in [3.8, 4) is 0 Å². The summed E-state index contributed by atoms with van der Waals surface area (Å²) in [5.74, 6) is -0.0935. The summed E-state index contributed by atoms with van der Waals surface area (Å²) in [6.07, 6.45) is 58.2. The molecule has 3 N–H and O–H groups in total. The van der Waals surface area contributed by atoms with Crippen LogP contribution in [0.25, 0.3) is 0 Å². The molecule has 0 aromatic heterocycles. The molecule has 0 aliphatic carbocycles. The van der Waals surface area contributed by atoms with Crippen molar-refractivity contribution in [2.75, 3.05) is 13.2 Å². The van der Waals surface area contributed by atoms with Gasteiger partial charge in [0.05, 0.1) is 25.4 Å². The van der Waals surface area contributed by atoms with Gasteiger partial charge in [0, 0.05) is 12.8 Å². The van der Waals surface area contributed by atoms with E-state index in [-0.39, 0.29) is 18.5 Å². The number of ether oxygens (including phenoxy) is 1. The van der Waals surface area contributed by atoms with Crippen LogP contribution in [-0.4, -0.2) is 47.4 Å². The number of hydrogen-bond acceptors (Lipinski definition) is 5. The number of amides is 1. The van der Waals surface area contributed by atoms with Crippen molar-refractivity contribution >= 4 is 11.9 Å². The highest BCUT2D eigenvalue weighted by molar-refractivity contribution is 5.76. The topological polar surface area (TPSA) is 95.9 Å². The summed E-state index contributed by atoms with van der Waals surface area (Å²) in [5.41, 5.74) is 0. The minimum atomic E-state index is -0.680. The summed E-state index contributed by atoms with van der Waals surface area (Å²) in [6, 6.07) is -0.560. The molecule has 0 aliphatic heterocycles. The van der Waals surface area contributed by atoms with E-state index in [2.05, 4.69) is 55.6 Å². The summed E-state index contributed by atoms with van der Waals surface area (Å²) in [7, 11) is 0. The van der Waals surface area contributed by atoms with Gasteiger partial charge in [-0.2, -0.15) is 0 Å². The smallest absolute Gasteiger partial charge is 0.305 e. The van der Waals surface area contributed by atoms with Crippen molar-refractivity contribution < 1.29 is 24.5 Å². The molecular weight excluding hydrogens is 731 g/mol. The van der Waals surface area contributed by atoms with Gasteiger partial charge in [0.25, 0.3) is 0 Å². The molecule has 0 bridgehead atoms. The van der Waals surface area contributed by atoms with E-state index < -0.39 is 12.1 Å². The van der Waals surface area contributed by atoms with Crippen molar-refractivity contribution in [1.82, 2.24) is 5.32 Å². The number of rotatable bonds is 47. The quantitative estimate of drug-likeness (QED) is 0.0323. The lowest BCUT2D eigenvalue weighted by Gasteiger charge is -2.22. The van der Waals surface area contributed by atoms with Gasteiger partial charge in [0.2, 0.25) is 5.91 Å². The molecular formula is C53H99NO5. The summed E-state index contributed by atoms with van der Waals surface area (Å²) in [5, 5.41) is 23.1. The third kappa shape index (κ3) is 45.4. The zero-order chi connectivity index (χ0) is 43.0. The number of carbonyl (C=O) groups excluding carboxylic acids is 2. The fraction of sp³-hybridized carbons (Fsp3) is 0.849. The molecule has 2 atom stereocenters. The Morgan fingerprint density at radius 1 is 0.475 bits per heavy atom. The minimum absolute atomic E-state index is 0.0307. The Kier molecular flexibility index (Phi) is 47.2. The first-order valence-electron chi connectivity index (χ1n) is 25.7. The molecule has 0 aliphatic rings. The molecule has 0 saturated heterocycles. The first kappa shape index (κ1) is 57.1. The number of aliphatic hydroxyl groups excluding tert-OH is 2. The molecule has 0 saturated carbocycles. The first-order valence-corrected chi connectivity index (χ1v) is 25.7. The fourth-order valence-corrected chi connectivity index (χ4v) is 7.66. The number of unbranched alkanes of at least 4 members (excludes halogenated alkanes) is 30. The zero-order valence-corrected chi connectivity index (χ0v) is 39.2. The molecule has 0 rings (SSSR count). The molecule has 0 fully saturated rings. The normalized spacial score (nSPS) is 12.9. The van der Waals surface area contributed by atoms with Gasteiger partial charge < -0.3 is 20.3 Å². The number of aliphatic hydroxyl groups is 2. The van der Waals surface area contributed by atoms with Crippen LogP contribution in [0.1, 0.15) is 264 Å². The Balaban J connectivity index is 3.50. The van der Waals surface area contributed by atoms with Gasteiger partial charge >= 0.3 is 5.97 Å². The van der Waals surface area contributed by atoms with Crippen molar-refractivity contribution in [1.29, 1.82) is 0 Å². The van der Waals surface area contributed by atoms with Crippen LogP contribution in [0.4, 0.5) is 0 Å². The average Bonchev–Trinajstić information content (AvgIpc) is 3.24. The predicted molar refractivity (Wildman–Crippen MR) is 255 cm³/mol. The van der Waals surface area contributed by atoms with E-state index in [1.165, 1.54) is 148 Å². The van der Waals surface area contributed by atoms with Crippen LogP contribution in [0.2, 0.25) is 0 Å². The van der Waals surface area contributed by atoms with Gasteiger partial charge in [0.15, 0.2) is 0 Å². The number of esters is 1. The van der Waals surface area contributed by atoms with Crippen molar-refractivity contribution in [3.05, 3.63) is 36.5 Å². The van der Waals surface area contributed by atoms with Crippen LogP contribution >= 0.6 is 0 Å². The van der Waals surface area contributed by atoms with E-state index >= 15 is 0 Å². The van der Waals surface area contributed by atoms with Crippen LogP contribution in [-0.2, 0) is 14.3 Å². The van der Waals surface area contributed by atoms with Gasteiger partial charge in [-0.15, -0.1) is 0 Å². The molecule has 0 radical (unpaired) electrons. The maximum Gasteiger partial charge on any atom is 0.305 e. The second kappa shape index (κ2) is 48.7. The Morgan fingerprint density at radius 2 is 0.847 bits per heavy atom. The fourth-order valence-electron chi connectivity index (χ4n) is 7.66. The molecule has 6 nitrogen and oxygen atoms in total. The van der Waals surface area contributed by atoms with Gasteiger partial charge in [0.1, 0.15) is 0 Å². The third-order valence-corrected chi connectivity index (χ3v) is 11.7. The highest BCUT2D eigenvalue weighted by Gasteiger charge is 2.20. The molecule has 346 valence electrons. The molecule has 59 heavy (non-hydrogen) atoms. The van der Waals surface area contributed by atoms with Crippen LogP contribution in [0.15, 0.2) is 36.5 Å². The monoisotopic (exact) mass is 830 g/mol. The molecule has 2 unspecified atom stereocenters. The molecule has 0 spiro atoms. The SMILES string of the molecule is CCCCCC/C=C\C/C=C\CCCCCCCCCC(=O)OCCCCC/C=C\CCCCCCCC(=O)NC(CO)C(O)CCCCCCCCCCCCCC. The molecule has 0 aromatic rings. The van der Waals surface area contributed by atoms with Crippen molar-refractivity contribution in [3.63, 3.8) is 0 Å². The lowest BCUT2D eigenvalue weighted by Crippen LogP contribution is -2.45. The third-order valence-electron chi connectivity index (χ3n) is 11.7. The largest absolute Gasteiger partial charge is 0.466 e. The van der Waals surface area contributed by atoms with E-state index in [1.807, 2.05) is 0 Å². The standard InChI is InChI=1S/C53H99NO5/c1-3-5-7-9-11-13-15-17-18-19-20-21-22-27-31-35-39-43-47-53(58)59-48-44-40-36-32-28-24-23-26-30-34-38-42-46-52(57)54-50(49-55)51(56)45-41-37-33-29-25-16-14-12-10-8-6-4-2/h13,15,18-19,24,28,50-51,55-56H,3-12,14,16-17,20-23,25-27,29-49H2,1-2H3,(H,54,57)/b15-13-,19-18-,28-24-. The summed E-state index contributed by atoms with van der Waals surface area (Å²) < 4.78 is 5.45. The van der Waals surface area contributed by atoms with Crippen molar-refractivity contribution in [2.24, 2.45) is 0 Å². The Bertz CT molecular complexity index is 962. The Hall–Kier alpha value is -1.92. The number of allylic oxidation sites excluding steroid dienone is 6. The van der Waals surface area contributed by atoms with Crippen LogP contribution in [0.3, 0.4) is 0 Å². The van der Waals surface area contributed by atoms with Crippen LogP contribution in [0, 0.1) is 0 Å². The molecule has 1 amide bonds. The molecule has 6 heteroatoms. The van der Waals surface area contributed by atoms with Crippen LogP contribution in [0.5, 0.6) is 0 Å². The summed E-state index contributed by atoms with van der Waals surface area (Å²) in [6.45, 7) is 4.86. The summed E-state index contributed by atoms with van der Waals surface area (Å²) in [4.78, 5) is 24.5. The average molecular weight is 830 g/mol. The van der Waals surface area contributed by atoms with Gasteiger partial charge in [-0.05, 0) is 89.9 Å². The highest BCUT2D eigenvalue weighted by atomic mass is 16.5. The lowest BCUT2D eigenvalue weighted by atomic mass is 10.0. The second-order valence-corrected chi connectivity index (χ2v) is 17.5. The Morgan fingerprint density at radius 3 is 1.32 bits per heavy atom. The van der Waals surface area contributed by atoms with Gasteiger partial charge in [-0.3, -0.25) is 9.59 Å². The van der Waals surface area contributed by atoms with Gasteiger partial charge in [-0.1, -0.05) is 198 Å². The molecule has 0 heterocycles. The van der Waals surface area contributed by atoms with E-state index in [4.69, 9.17) is 4.74 Å². The maximum absolute atomic E-state index is 12.4. The van der Waals surface area contributed by atoms with Crippen LogP contribution < -0.4 is 5.32 Å². The number of carbonyl (C=O) groups is 2. The second-order valence-electron chi connectivity index (χ2n) is 17.5. The maximum atomic E-state index is 12.4. The predicted octanol–water partition coefficient (Wildman–Crippen LogP) is 15.3. The highest BCUT2D eigenvalue weighted by Crippen LogP contribution is 2.15. The number of nitrogens with one attached hydrogen (secondary N) is 1. The van der Waals surface area contributed by atoms with Crippen molar-refractivity contribution in [2.45, 2.75) is 276 Å². The zero-order valence-electron chi connectivity index (χ0n) is 39.2. The summed E-state index contributed by atoms with van der Waals surface area (Å²) >= 11 is 0.